The van der Waals surface area contributed by atoms with Crippen molar-refractivity contribution in [2.24, 2.45) is 5.73 Å². The maximum Gasteiger partial charge on any atom is 0.0639 e. The molecule has 2 N–H and O–H groups in total. The van der Waals surface area contributed by atoms with Crippen LogP contribution in [0.5, 0.6) is 0 Å². The Labute approximate surface area is 121 Å². The fourth-order valence-electron chi connectivity index (χ4n) is 2.48. The minimum atomic E-state index is -0.0768. The Balaban J connectivity index is 1.91. The second kappa shape index (κ2) is 6.12. The van der Waals surface area contributed by atoms with Crippen molar-refractivity contribution in [2.45, 2.75) is 25.8 Å². The Morgan fingerprint density at radius 1 is 1.21 bits per heavy atom. The fraction of sp³-hybridized carbons (Fsp3) is 0.600. The van der Waals surface area contributed by atoms with E-state index >= 15 is 0 Å². The van der Waals surface area contributed by atoms with Gasteiger partial charge in [-0.1, -0.05) is 30.7 Å². The summed E-state index contributed by atoms with van der Waals surface area (Å²) in [5, 5.41) is 0.841. The molecule has 1 aliphatic rings. The van der Waals surface area contributed by atoms with Gasteiger partial charge in [-0.25, -0.2) is 0 Å². The van der Waals surface area contributed by atoms with Gasteiger partial charge in [-0.15, -0.1) is 0 Å². The molecule has 1 heterocycles. The van der Waals surface area contributed by atoms with Gasteiger partial charge in [0.15, 0.2) is 0 Å². The van der Waals surface area contributed by atoms with Crippen LogP contribution in [-0.2, 0) is 0 Å². The minimum absolute atomic E-state index is 0.0768. The molecule has 0 spiro atoms. The largest absolute Gasteiger partial charge is 0.368 e. The molecule has 19 heavy (non-hydrogen) atoms. The van der Waals surface area contributed by atoms with E-state index in [0.717, 1.165) is 49.9 Å². The zero-order chi connectivity index (χ0) is 13.9. The number of piperazine rings is 1. The van der Waals surface area contributed by atoms with Gasteiger partial charge in [0.05, 0.1) is 10.7 Å². The Kier molecular flexibility index (Phi) is 4.71. The lowest BCUT2D eigenvalue weighted by molar-refractivity contribution is 0.203. The first kappa shape index (κ1) is 14.6. The van der Waals surface area contributed by atoms with E-state index in [2.05, 4.69) is 29.7 Å². The van der Waals surface area contributed by atoms with Crippen molar-refractivity contribution < 1.29 is 0 Å². The molecule has 3 nitrogen and oxygen atoms in total. The average molecular weight is 282 g/mol. The molecular weight excluding hydrogens is 258 g/mol. The summed E-state index contributed by atoms with van der Waals surface area (Å²) in [5.74, 6) is 0. The molecular formula is C15H24ClN3. The molecule has 106 valence electrons. The molecule has 1 aliphatic heterocycles. The lowest BCUT2D eigenvalue weighted by Crippen LogP contribution is -2.54. The summed E-state index contributed by atoms with van der Waals surface area (Å²) in [7, 11) is 0. The molecule has 0 bridgehead atoms. The van der Waals surface area contributed by atoms with Crippen LogP contribution >= 0.6 is 11.6 Å². The Hall–Kier alpha value is -0.770. The van der Waals surface area contributed by atoms with Gasteiger partial charge in [-0.05, 0) is 25.5 Å². The number of rotatable bonds is 4. The molecule has 1 aromatic rings. The van der Waals surface area contributed by atoms with E-state index in [4.69, 9.17) is 17.3 Å². The molecule has 0 amide bonds. The van der Waals surface area contributed by atoms with Crippen LogP contribution in [0, 0.1) is 0 Å². The second-order valence-electron chi connectivity index (χ2n) is 5.72. The number of hydrogen-bond acceptors (Lipinski definition) is 3. The molecule has 0 aliphatic carbocycles. The van der Waals surface area contributed by atoms with E-state index < -0.39 is 0 Å². The Bertz CT molecular complexity index is 412. The number of hydrogen-bond donors (Lipinski definition) is 1. The molecule has 1 atom stereocenters. The van der Waals surface area contributed by atoms with E-state index in [1.807, 2.05) is 18.2 Å². The van der Waals surface area contributed by atoms with Gasteiger partial charge in [0.1, 0.15) is 0 Å². The molecule has 2 rings (SSSR count). The van der Waals surface area contributed by atoms with Crippen LogP contribution in [0.25, 0.3) is 0 Å². The van der Waals surface area contributed by atoms with E-state index in [-0.39, 0.29) is 5.54 Å². The smallest absolute Gasteiger partial charge is 0.0639 e. The third kappa shape index (κ3) is 3.85. The highest BCUT2D eigenvalue weighted by Crippen LogP contribution is 2.26. The molecule has 1 saturated heterocycles. The van der Waals surface area contributed by atoms with Crippen molar-refractivity contribution in [3.63, 3.8) is 0 Å². The van der Waals surface area contributed by atoms with Crippen LogP contribution in [0.15, 0.2) is 24.3 Å². The molecule has 1 aromatic carbocycles. The normalized spacial score (nSPS) is 20.3. The highest BCUT2D eigenvalue weighted by molar-refractivity contribution is 6.33. The van der Waals surface area contributed by atoms with E-state index in [1.165, 1.54) is 0 Å². The van der Waals surface area contributed by atoms with Crippen LogP contribution in [0.1, 0.15) is 20.3 Å². The van der Waals surface area contributed by atoms with Crippen LogP contribution in [-0.4, -0.2) is 43.2 Å². The summed E-state index contributed by atoms with van der Waals surface area (Å²) < 4.78 is 0. The summed E-state index contributed by atoms with van der Waals surface area (Å²) in [4.78, 5) is 4.81. The maximum absolute atomic E-state index is 6.25. The summed E-state index contributed by atoms with van der Waals surface area (Å²) in [6, 6.07) is 8.07. The quantitative estimate of drug-likeness (QED) is 0.921. The first-order valence-corrected chi connectivity index (χ1v) is 7.40. The van der Waals surface area contributed by atoms with E-state index in [9.17, 15) is 0 Å². The second-order valence-corrected chi connectivity index (χ2v) is 6.13. The van der Waals surface area contributed by atoms with Crippen molar-refractivity contribution in [1.29, 1.82) is 0 Å². The van der Waals surface area contributed by atoms with Crippen LogP contribution < -0.4 is 10.6 Å². The summed E-state index contributed by atoms with van der Waals surface area (Å²) in [5.41, 5.74) is 7.31. The zero-order valence-electron chi connectivity index (χ0n) is 11.9. The first-order chi connectivity index (χ1) is 9.02. The first-order valence-electron chi connectivity index (χ1n) is 7.02. The highest BCUT2D eigenvalue weighted by Gasteiger charge is 2.24. The van der Waals surface area contributed by atoms with Crippen molar-refractivity contribution >= 4 is 17.3 Å². The average Bonchev–Trinajstić information content (AvgIpc) is 2.40. The predicted octanol–water partition coefficient (Wildman–Crippen LogP) is 2.59. The number of benzene rings is 1. The fourth-order valence-corrected chi connectivity index (χ4v) is 2.73. The van der Waals surface area contributed by atoms with Gasteiger partial charge < -0.3 is 10.6 Å². The topological polar surface area (TPSA) is 32.5 Å². The third-order valence-corrected chi connectivity index (χ3v) is 4.28. The van der Waals surface area contributed by atoms with Gasteiger partial charge in [-0.2, -0.15) is 0 Å². The maximum atomic E-state index is 6.25. The number of para-hydroxylation sites is 1. The number of nitrogens with two attached hydrogens (primary N) is 1. The van der Waals surface area contributed by atoms with Crippen LogP contribution in [0.2, 0.25) is 5.02 Å². The highest BCUT2D eigenvalue weighted by atomic mass is 35.5. The van der Waals surface area contributed by atoms with E-state index in [0.29, 0.717) is 0 Å². The molecule has 4 heteroatoms. The Morgan fingerprint density at radius 2 is 1.84 bits per heavy atom. The molecule has 1 fully saturated rings. The monoisotopic (exact) mass is 281 g/mol. The van der Waals surface area contributed by atoms with Gasteiger partial charge in [0.25, 0.3) is 0 Å². The number of halogens is 1. The van der Waals surface area contributed by atoms with E-state index in [1.54, 1.807) is 0 Å². The van der Waals surface area contributed by atoms with Gasteiger partial charge in [0, 0.05) is 38.3 Å². The SMILES string of the molecule is CCC(C)(N)CN1CCN(c2ccccc2Cl)CC1. The summed E-state index contributed by atoms with van der Waals surface area (Å²) in [6.07, 6.45) is 1.01. The zero-order valence-corrected chi connectivity index (χ0v) is 12.7. The molecule has 0 saturated carbocycles. The molecule has 0 radical (unpaired) electrons. The Morgan fingerprint density at radius 3 is 2.42 bits per heavy atom. The summed E-state index contributed by atoms with van der Waals surface area (Å²) >= 11 is 6.25. The summed E-state index contributed by atoms with van der Waals surface area (Å²) in [6.45, 7) is 9.40. The third-order valence-electron chi connectivity index (χ3n) is 3.96. The van der Waals surface area contributed by atoms with Gasteiger partial charge in [-0.3, -0.25) is 4.90 Å². The lowest BCUT2D eigenvalue weighted by atomic mass is 9.99. The van der Waals surface area contributed by atoms with Crippen molar-refractivity contribution in [3.05, 3.63) is 29.3 Å². The van der Waals surface area contributed by atoms with Crippen molar-refractivity contribution in [2.75, 3.05) is 37.6 Å². The molecule has 1 unspecified atom stereocenters. The minimum Gasteiger partial charge on any atom is -0.368 e. The van der Waals surface area contributed by atoms with Gasteiger partial charge in [0.2, 0.25) is 0 Å². The van der Waals surface area contributed by atoms with Crippen molar-refractivity contribution in [3.8, 4) is 0 Å². The van der Waals surface area contributed by atoms with Crippen LogP contribution in [0.3, 0.4) is 0 Å². The van der Waals surface area contributed by atoms with Crippen molar-refractivity contribution in [1.82, 2.24) is 4.90 Å². The number of nitrogens with zero attached hydrogens (tertiary/aromatic N) is 2. The lowest BCUT2D eigenvalue weighted by Gasteiger charge is -2.39. The predicted molar refractivity (Wildman–Crippen MR) is 83.0 cm³/mol. The molecule has 0 aromatic heterocycles. The van der Waals surface area contributed by atoms with Crippen LogP contribution in [0.4, 0.5) is 5.69 Å². The standard InChI is InChI=1S/C15H24ClN3/c1-3-15(2,17)12-18-8-10-19(11-9-18)14-7-5-4-6-13(14)16/h4-7H,3,8-12,17H2,1-2H3. The van der Waals surface area contributed by atoms with Gasteiger partial charge >= 0.3 is 0 Å². The number of anilines is 1.